The molecular formula is C14H24N2O2S. The van der Waals surface area contributed by atoms with Gasteiger partial charge in [-0.2, -0.15) is 11.8 Å². The average Bonchev–Trinajstić information content (AvgIpc) is 2.44. The number of hydrogen-bond donors (Lipinski definition) is 1. The summed E-state index contributed by atoms with van der Waals surface area (Å²) in [6.07, 6.45) is 7.20. The first kappa shape index (κ1) is 14.7. The molecule has 0 bridgehead atoms. The number of rotatable bonds is 3. The van der Waals surface area contributed by atoms with Crippen LogP contribution in [0.3, 0.4) is 0 Å². The van der Waals surface area contributed by atoms with Crippen molar-refractivity contribution in [1.82, 2.24) is 10.2 Å². The van der Waals surface area contributed by atoms with Crippen LogP contribution in [-0.4, -0.2) is 46.3 Å². The average molecular weight is 284 g/mol. The fourth-order valence-electron chi connectivity index (χ4n) is 3.18. The quantitative estimate of drug-likeness (QED) is 0.859. The summed E-state index contributed by atoms with van der Waals surface area (Å²) in [5, 5.41) is 3.54. The lowest BCUT2D eigenvalue weighted by molar-refractivity contribution is -0.152. The molecular weight excluding hydrogens is 260 g/mol. The summed E-state index contributed by atoms with van der Waals surface area (Å²) in [5.41, 5.74) is 0. The molecule has 2 fully saturated rings. The minimum atomic E-state index is -0.318. The van der Waals surface area contributed by atoms with Gasteiger partial charge in [-0.1, -0.05) is 6.92 Å². The van der Waals surface area contributed by atoms with Gasteiger partial charge in [0.05, 0.1) is 0 Å². The van der Waals surface area contributed by atoms with E-state index in [1.54, 1.807) is 0 Å². The highest BCUT2D eigenvalue weighted by atomic mass is 32.2. The standard InChI is InChI=1S/C14H24N2O2S/c1-4-12-14(18)16(9(2)13(17)15-12)10-5-7-11(19-3)8-6-10/h9-12H,4-8H2,1-3H3,(H,15,17). The Morgan fingerprint density at radius 2 is 1.89 bits per heavy atom. The van der Waals surface area contributed by atoms with Crippen LogP contribution < -0.4 is 5.32 Å². The summed E-state index contributed by atoms with van der Waals surface area (Å²) in [5.74, 6) is 0.112. The molecule has 1 aliphatic carbocycles. The van der Waals surface area contributed by atoms with Crippen molar-refractivity contribution in [2.45, 2.75) is 69.3 Å². The number of hydrogen-bond acceptors (Lipinski definition) is 3. The zero-order chi connectivity index (χ0) is 14.0. The van der Waals surface area contributed by atoms with Crippen LogP contribution >= 0.6 is 11.8 Å². The van der Waals surface area contributed by atoms with Crippen LogP contribution in [0.25, 0.3) is 0 Å². The second-order valence-electron chi connectivity index (χ2n) is 5.56. The lowest BCUT2D eigenvalue weighted by Gasteiger charge is -2.44. The van der Waals surface area contributed by atoms with Gasteiger partial charge in [-0.15, -0.1) is 0 Å². The fraction of sp³-hybridized carbons (Fsp3) is 0.857. The minimum absolute atomic E-state index is 0.00144. The molecule has 2 amide bonds. The van der Waals surface area contributed by atoms with E-state index in [0.717, 1.165) is 30.9 Å². The number of nitrogens with one attached hydrogen (secondary N) is 1. The molecule has 0 spiro atoms. The Kier molecular flexibility index (Phi) is 4.76. The number of carbonyl (C=O) groups is 2. The minimum Gasteiger partial charge on any atom is -0.343 e. The molecule has 2 rings (SSSR count). The first-order valence-electron chi connectivity index (χ1n) is 7.23. The maximum Gasteiger partial charge on any atom is 0.246 e. The zero-order valence-corrected chi connectivity index (χ0v) is 12.8. The molecule has 108 valence electrons. The summed E-state index contributed by atoms with van der Waals surface area (Å²) in [4.78, 5) is 26.3. The molecule has 1 aliphatic heterocycles. The van der Waals surface area contributed by atoms with E-state index in [-0.39, 0.29) is 29.9 Å². The van der Waals surface area contributed by atoms with Crippen LogP contribution in [0, 0.1) is 0 Å². The normalized spacial score (nSPS) is 36.3. The van der Waals surface area contributed by atoms with Crippen molar-refractivity contribution < 1.29 is 9.59 Å². The third kappa shape index (κ3) is 2.91. The van der Waals surface area contributed by atoms with Crippen LogP contribution in [0.5, 0.6) is 0 Å². The summed E-state index contributed by atoms with van der Waals surface area (Å²) in [6, 6.07) is -0.376. The van der Waals surface area contributed by atoms with Crippen molar-refractivity contribution in [2.24, 2.45) is 0 Å². The largest absolute Gasteiger partial charge is 0.343 e. The van der Waals surface area contributed by atoms with E-state index in [1.807, 2.05) is 30.5 Å². The maximum atomic E-state index is 12.5. The fourth-order valence-corrected chi connectivity index (χ4v) is 3.93. The number of nitrogens with zero attached hydrogens (tertiary/aromatic N) is 1. The van der Waals surface area contributed by atoms with Gasteiger partial charge in [0.1, 0.15) is 12.1 Å². The van der Waals surface area contributed by atoms with Crippen molar-refractivity contribution in [2.75, 3.05) is 6.26 Å². The van der Waals surface area contributed by atoms with E-state index >= 15 is 0 Å². The van der Waals surface area contributed by atoms with Crippen molar-refractivity contribution in [1.29, 1.82) is 0 Å². The van der Waals surface area contributed by atoms with Gasteiger partial charge in [0.15, 0.2) is 0 Å². The Bertz CT molecular complexity index is 353. The van der Waals surface area contributed by atoms with E-state index < -0.39 is 0 Å². The Labute approximate surface area is 119 Å². The zero-order valence-electron chi connectivity index (χ0n) is 12.0. The number of thioether (sulfide) groups is 1. The summed E-state index contributed by atoms with van der Waals surface area (Å²) in [6.45, 7) is 3.79. The van der Waals surface area contributed by atoms with Gasteiger partial charge in [0.2, 0.25) is 11.8 Å². The van der Waals surface area contributed by atoms with Gasteiger partial charge in [-0.25, -0.2) is 0 Å². The van der Waals surface area contributed by atoms with Crippen LogP contribution in [0.1, 0.15) is 46.0 Å². The molecule has 1 saturated heterocycles. The highest BCUT2D eigenvalue weighted by molar-refractivity contribution is 7.99. The molecule has 1 heterocycles. The molecule has 19 heavy (non-hydrogen) atoms. The second kappa shape index (κ2) is 6.16. The molecule has 1 N–H and O–H groups in total. The van der Waals surface area contributed by atoms with Crippen molar-refractivity contribution >= 4 is 23.6 Å². The molecule has 0 radical (unpaired) electrons. The van der Waals surface area contributed by atoms with E-state index in [1.165, 1.54) is 0 Å². The van der Waals surface area contributed by atoms with Gasteiger partial charge in [0, 0.05) is 11.3 Å². The van der Waals surface area contributed by atoms with Crippen LogP contribution in [0.4, 0.5) is 0 Å². The van der Waals surface area contributed by atoms with Crippen molar-refractivity contribution in [3.8, 4) is 0 Å². The molecule has 1 saturated carbocycles. The first-order valence-corrected chi connectivity index (χ1v) is 8.52. The summed E-state index contributed by atoms with van der Waals surface area (Å²) >= 11 is 1.92. The summed E-state index contributed by atoms with van der Waals surface area (Å²) < 4.78 is 0. The van der Waals surface area contributed by atoms with Gasteiger partial charge >= 0.3 is 0 Å². The van der Waals surface area contributed by atoms with Crippen LogP contribution in [0.15, 0.2) is 0 Å². The highest BCUT2D eigenvalue weighted by Gasteiger charge is 2.41. The van der Waals surface area contributed by atoms with Gasteiger partial charge in [-0.05, 0) is 45.3 Å². The van der Waals surface area contributed by atoms with Crippen LogP contribution in [0.2, 0.25) is 0 Å². The lowest BCUT2D eigenvalue weighted by Crippen LogP contribution is -2.65. The monoisotopic (exact) mass is 284 g/mol. The van der Waals surface area contributed by atoms with Gasteiger partial charge in [0.25, 0.3) is 0 Å². The first-order chi connectivity index (χ1) is 9.08. The predicted molar refractivity (Wildman–Crippen MR) is 78.1 cm³/mol. The smallest absolute Gasteiger partial charge is 0.246 e. The number of amides is 2. The Morgan fingerprint density at radius 3 is 2.42 bits per heavy atom. The molecule has 0 aromatic heterocycles. The maximum absolute atomic E-state index is 12.5. The lowest BCUT2D eigenvalue weighted by atomic mass is 9.91. The molecule has 5 heteroatoms. The molecule has 0 aromatic carbocycles. The summed E-state index contributed by atoms with van der Waals surface area (Å²) in [7, 11) is 0. The number of piperazine rings is 1. The Balaban J connectivity index is 2.08. The molecule has 4 nitrogen and oxygen atoms in total. The predicted octanol–water partition coefficient (Wildman–Crippen LogP) is 1.79. The third-order valence-electron chi connectivity index (χ3n) is 4.44. The molecule has 2 aliphatic rings. The molecule has 2 unspecified atom stereocenters. The second-order valence-corrected chi connectivity index (χ2v) is 6.70. The van der Waals surface area contributed by atoms with Crippen LogP contribution in [-0.2, 0) is 9.59 Å². The molecule has 2 atom stereocenters. The Hall–Kier alpha value is -0.710. The van der Waals surface area contributed by atoms with E-state index in [0.29, 0.717) is 6.42 Å². The molecule has 0 aromatic rings. The Morgan fingerprint density at radius 1 is 1.26 bits per heavy atom. The topological polar surface area (TPSA) is 49.4 Å². The number of carbonyl (C=O) groups excluding carboxylic acids is 2. The van der Waals surface area contributed by atoms with Gasteiger partial charge in [-0.3, -0.25) is 9.59 Å². The highest BCUT2D eigenvalue weighted by Crippen LogP contribution is 2.31. The SMILES string of the molecule is CCC1NC(=O)C(C)N(C2CCC(SC)CC2)C1=O. The third-order valence-corrected chi connectivity index (χ3v) is 5.58. The van der Waals surface area contributed by atoms with Crippen molar-refractivity contribution in [3.05, 3.63) is 0 Å². The van der Waals surface area contributed by atoms with Gasteiger partial charge < -0.3 is 10.2 Å². The van der Waals surface area contributed by atoms with E-state index in [4.69, 9.17) is 0 Å². The van der Waals surface area contributed by atoms with Crippen molar-refractivity contribution in [3.63, 3.8) is 0 Å². The van der Waals surface area contributed by atoms with E-state index in [2.05, 4.69) is 11.6 Å². The van der Waals surface area contributed by atoms with E-state index in [9.17, 15) is 9.59 Å².